The van der Waals surface area contributed by atoms with Crippen molar-refractivity contribution >= 4 is 0 Å². The molecular formula is C15H24O2. The molecule has 2 heteroatoms. The quantitative estimate of drug-likeness (QED) is 0.686. The lowest BCUT2D eigenvalue weighted by atomic mass is 9.90. The van der Waals surface area contributed by atoms with Crippen molar-refractivity contribution in [3.63, 3.8) is 0 Å². The van der Waals surface area contributed by atoms with Gasteiger partial charge in [0.1, 0.15) is 0 Å². The van der Waals surface area contributed by atoms with E-state index in [4.69, 9.17) is 9.47 Å². The zero-order valence-electron chi connectivity index (χ0n) is 11.5. The molecule has 0 unspecified atom stereocenters. The Labute approximate surface area is 105 Å². The summed E-state index contributed by atoms with van der Waals surface area (Å²) >= 11 is 0. The number of unbranched alkanes of at least 4 members (excludes halogenated alkanes) is 1. The Balaban J connectivity index is 2.27. The van der Waals surface area contributed by atoms with E-state index in [1.807, 2.05) is 24.3 Å². The molecule has 0 heterocycles. The van der Waals surface area contributed by atoms with Crippen LogP contribution in [0.2, 0.25) is 0 Å². The third-order valence-electron chi connectivity index (χ3n) is 2.65. The maximum Gasteiger partial charge on any atom is 0.161 e. The van der Waals surface area contributed by atoms with Crippen LogP contribution in [0.4, 0.5) is 0 Å². The first-order valence-electron chi connectivity index (χ1n) is 6.29. The minimum Gasteiger partial charge on any atom is -0.493 e. The van der Waals surface area contributed by atoms with Gasteiger partial charge in [0.25, 0.3) is 0 Å². The average Bonchev–Trinajstić information content (AvgIpc) is 2.27. The molecule has 17 heavy (non-hydrogen) atoms. The number of rotatable bonds is 6. The molecule has 1 aromatic rings. The maximum absolute atomic E-state index is 5.72. The molecule has 0 fully saturated rings. The van der Waals surface area contributed by atoms with E-state index in [9.17, 15) is 0 Å². The van der Waals surface area contributed by atoms with Crippen LogP contribution in [-0.4, -0.2) is 13.7 Å². The molecule has 0 N–H and O–H groups in total. The number of para-hydroxylation sites is 2. The van der Waals surface area contributed by atoms with Gasteiger partial charge in [-0.25, -0.2) is 0 Å². The van der Waals surface area contributed by atoms with Crippen LogP contribution in [0.3, 0.4) is 0 Å². The summed E-state index contributed by atoms with van der Waals surface area (Å²) in [6, 6.07) is 7.78. The van der Waals surface area contributed by atoms with E-state index in [0.717, 1.165) is 24.5 Å². The molecule has 1 aromatic carbocycles. The van der Waals surface area contributed by atoms with Gasteiger partial charge in [-0.1, -0.05) is 32.9 Å². The van der Waals surface area contributed by atoms with E-state index in [1.54, 1.807) is 7.11 Å². The maximum atomic E-state index is 5.72. The minimum absolute atomic E-state index is 0.421. The fraction of sp³-hybridized carbons (Fsp3) is 0.600. The first-order chi connectivity index (χ1) is 8.03. The second-order valence-electron chi connectivity index (χ2n) is 5.52. The van der Waals surface area contributed by atoms with Crippen LogP contribution in [0.5, 0.6) is 11.5 Å². The summed E-state index contributed by atoms with van der Waals surface area (Å²) < 4.78 is 10.9. The van der Waals surface area contributed by atoms with E-state index in [2.05, 4.69) is 20.8 Å². The van der Waals surface area contributed by atoms with Crippen molar-refractivity contribution in [1.29, 1.82) is 0 Å². The molecule has 0 spiro atoms. The average molecular weight is 236 g/mol. The fourth-order valence-corrected chi connectivity index (χ4v) is 1.68. The summed E-state index contributed by atoms with van der Waals surface area (Å²) in [5.74, 6) is 1.65. The van der Waals surface area contributed by atoms with E-state index < -0.39 is 0 Å². The highest BCUT2D eigenvalue weighted by Crippen LogP contribution is 2.26. The van der Waals surface area contributed by atoms with Crippen LogP contribution in [0, 0.1) is 5.41 Å². The smallest absolute Gasteiger partial charge is 0.161 e. The van der Waals surface area contributed by atoms with Gasteiger partial charge in [-0.3, -0.25) is 0 Å². The molecule has 2 nitrogen and oxygen atoms in total. The molecule has 0 radical (unpaired) electrons. The summed E-state index contributed by atoms with van der Waals surface area (Å²) in [5, 5.41) is 0. The predicted octanol–water partition coefficient (Wildman–Crippen LogP) is 4.29. The van der Waals surface area contributed by atoms with Crippen LogP contribution in [0.1, 0.15) is 40.0 Å². The first kappa shape index (κ1) is 13.9. The Bertz CT molecular complexity index is 326. The molecule has 0 saturated carbocycles. The number of methoxy groups -OCH3 is 1. The lowest BCUT2D eigenvalue weighted by Gasteiger charge is -2.17. The predicted molar refractivity (Wildman–Crippen MR) is 71.8 cm³/mol. The molecule has 96 valence electrons. The van der Waals surface area contributed by atoms with Gasteiger partial charge in [-0.15, -0.1) is 0 Å². The van der Waals surface area contributed by atoms with Crippen molar-refractivity contribution in [2.24, 2.45) is 5.41 Å². The molecule has 0 aliphatic heterocycles. The number of ether oxygens (including phenoxy) is 2. The largest absolute Gasteiger partial charge is 0.493 e. The minimum atomic E-state index is 0.421. The van der Waals surface area contributed by atoms with Crippen LogP contribution in [0.15, 0.2) is 24.3 Å². The number of hydrogen-bond donors (Lipinski definition) is 0. The third kappa shape index (κ3) is 5.62. The van der Waals surface area contributed by atoms with E-state index in [0.29, 0.717) is 5.41 Å². The molecule has 0 saturated heterocycles. The van der Waals surface area contributed by atoms with Gasteiger partial charge in [0, 0.05) is 0 Å². The number of hydrogen-bond acceptors (Lipinski definition) is 2. The SMILES string of the molecule is COc1ccccc1OCCCCC(C)(C)C. The van der Waals surface area contributed by atoms with Crippen molar-refractivity contribution in [2.45, 2.75) is 40.0 Å². The second-order valence-corrected chi connectivity index (χ2v) is 5.52. The van der Waals surface area contributed by atoms with Crippen molar-refractivity contribution < 1.29 is 9.47 Å². The van der Waals surface area contributed by atoms with Gasteiger partial charge in [0.05, 0.1) is 13.7 Å². The van der Waals surface area contributed by atoms with Gasteiger partial charge in [-0.2, -0.15) is 0 Å². The third-order valence-corrected chi connectivity index (χ3v) is 2.65. The van der Waals surface area contributed by atoms with Gasteiger partial charge >= 0.3 is 0 Å². The molecule has 0 aliphatic carbocycles. The summed E-state index contributed by atoms with van der Waals surface area (Å²) in [5.41, 5.74) is 0.421. The van der Waals surface area contributed by atoms with Crippen LogP contribution >= 0.6 is 0 Å². The standard InChI is InChI=1S/C15H24O2/c1-15(2,3)11-7-8-12-17-14-10-6-5-9-13(14)16-4/h5-6,9-10H,7-8,11-12H2,1-4H3. The first-order valence-corrected chi connectivity index (χ1v) is 6.29. The topological polar surface area (TPSA) is 18.5 Å². The van der Waals surface area contributed by atoms with Gasteiger partial charge in [0.15, 0.2) is 11.5 Å². The lowest BCUT2D eigenvalue weighted by Crippen LogP contribution is -2.06. The molecule has 0 aliphatic rings. The summed E-state index contributed by atoms with van der Waals surface area (Å²) in [7, 11) is 1.67. The molecule has 0 amide bonds. The molecule has 0 aromatic heterocycles. The van der Waals surface area contributed by atoms with Crippen LogP contribution in [0.25, 0.3) is 0 Å². The second kappa shape index (κ2) is 6.53. The zero-order valence-corrected chi connectivity index (χ0v) is 11.5. The van der Waals surface area contributed by atoms with E-state index in [-0.39, 0.29) is 0 Å². The van der Waals surface area contributed by atoms with E-state index in [1.165, 1.54) is 12.8 Å². The van der Waals surface area contributed by atoms with Gasteiger partial charge < -0.3 is 9.47 Å². The molecule has 1 rings (SSSR count). The zero-order chi connectivity index (χ0) is 12.7. The Morgan fingerprint density at radius 3 is 2.24 bits per heavy atom. The highest BCUT2D eigenvalue weighted by atomic mass is 16.5. The van der Waals surface area contributed by atoms with Crippen molar-refractivity contribution in [3.05, 3.63) is 24.3 Å². The van der Waals surface area contributed by atoms with Crippen LogP contribution < -0.4 is 9.47 Å². The van der Waals surface area contributed by atoms with Gasteiger partial charge in [-0.05, 0) is 36.8 Å². The summed E-state index contributed by atoms with van der Waals surface area (Å²) in [6.07, 6.45) is 3.54. The molecular weight excluding hydrogens is 212 g/mol. The van der Waals surface area contributed by atoms with Crippen molar-refractivity contribution in [2.75, 3.05) is 13.7 Å². The Morgan fingerprint density at radius 1 is 1.00 bits per heavy atom. The van der Waals surface area contributed by atoms with Crippen molar-refractivity contribution in [1.82, 2.24) is 0 Å². The number of benzene rings is 1. The normalized spacial score (nSPS) is 11.3. The van der Waals surface area contributed by atoms with Crippen molar-refractivity contribution in [3.8, 4) is 11.5 Å². The Kier molecular flexibility index (Phi) is 5.33. The Morgan fingerprint density at radius 2 is 1.65 bits per heavy atom. The summed E-state index contributed by atoms with van der Waals surface area (Å²) in [6.45, 7) is 7.58. The van der Waals surface area contributed by atoms with Crippen LogP contribution in [-0.2, 0) is 0 Å². The summed E-state index contributed by atoms with van der Waals surface area (Å²) in [4.78, 5) is 0. The lowest BCUT2D eigenvalue weighted by molar-refractivity contribution is 0.272. The fourth-order valence-electron chi connectivity index (χ4n) is 1.68. The highest BCUT2D eigenvalue weighted by molar-refractivity contribution is 5.39. The monoisotopic (exact) mass is 236 g/mol. The Hall–Kier alpha value is -1.18. The molecule has 0 bridgehead atoms. The highest BCUT2D eigenvalue weighted by Gasteiger charge is 2.09. The van der Waals surface area contributed by atoms with E-state index >= 15 is 0 Å². The molecule has 0 atom stereocenters. The van der Waals surface area contributed by atoms with Gasteiger partial charge in [0.2, 0.25) is 0 Å².